The van der Waals surface area contributed by atoms with Crippen LogP contribution in [-0.2, 0) is 6.61 Å². The summed E-state index contributed by atoms with van der Waals surface area (Å²) in [6.45, 7) is 7.76. The Kier molecular flexibility index (Phi) is 7.61. The van der Waals surface area contributed by atoms with Crippen molar-refractivity contribution in [3.05, 3.63) is 64.2 Å². The van der Waals surface area contributed by atoms with Crippen molar-refractivity contribution in [2.24, 2.45) is 5.73 Å². The first kappa shape index (κ1) is 21.9. The van der Waals surface area contributed by atoms with Gasteiger partial charge in [-0.25, -0.2) is 0 Å². The molecule has 0 heterocycles. The summed E-state index contributed by atoms with van der Waals surface area (Å²) in [5.74, 6) is -0.353. The van der Waals surface area contributed by atoms with Gasteiger partial charge in [-0.3, -0.25) is 9.59 Å². The SMILES string of the molecule is CC(C)N(C(=O)c1c(OCc2ccccc2)cc(Cl)cc1C(=O)CN)C(C)C. The predicted octanol–water partition coefficient (Wildman–Crippen LogP) is 4.32. The molecule has 1 amide bonds. The van der Waals surface area contributed by atoms with Crippen LogP contribution in [0, 0.1) is 0 Å². The van der Waals surface area contributed by atoms with E-state index >= 15 is 0 Å². The van der Waals surface area contributed by atoms with Gasteiger partial charge in [0.1, 0.15) is 12.4 Å². The Hall–Kier alpha value is -2.37. The van der Waals surface area contributed by atoms with Gasteiger partial charge in [0.25, 0.3) is 5.91 Å². The highest BCUT2D eigenvalue weighted by molar-refractivity contribution is 6.31. The van der Waals surface area contributed by atoms with Crippen LogP contribution >= 0.6 is 11.6 Å². The van der Waals surface area contributed by atoms with E-state index in [-0.39, 0.29) is 53.8 Å². The first-order valence-electron chi connectivity index (χ1n) is 9.32. The fourth-order valence-electron chi connectivity index (χ4n) is 3.18. The number of halogens is 1. The van der Waals surface area contributed by atoms with Gasteiger partial charge in [0.15, 0.2) is 5.78 Å². The molecular weight excluding hydrogens is 376 g/mol. The Balaban J connectivity index is 2.55. The topological polar surface area (TPSA) is 72.6 Å². The van der Waals surface area contributed by atoms with E-state index in [0.29, 0.717) is 5.02 Å². The lowest BCUT2D eigenvalue weighted by molar-refractivity contribution is 0.0635. The van der Waals surface area contributed by atoms with Gasteiger partial charge in [-0.1, -0.05) is 41.9 Å². The number of nitrogens with zero attached hydrogens (tertiary/aromatic N) is 1. The fraction of sp³-hybridized carbons (Fsp3) is 0.364. The summed E-state index contributed by atoms with van der Waals surface area (Å²) in [5.41, 5.74) is 6.91. The number of nitrogens with two attached hydrogens (primary N) is 1. The van der Waals surface area contributed by atoms with E-state index in [1.807, 2.05) is 58.0 Å². The third kappa shape index (κ3) is 5.12. The molecule has 0 bridgehead atoms. The maximum absolute atomic E-state index is 13.4. The maximum Gasteiger partial charge on any atom is 0.258 e. The smallest absolute Gasteiger partial charge is 0.258 e. The van der Waals surface area contributed by atoms with E-state index in [4.69, 9.17) is 22.1 Å². The first-order valence-corrected chi connectivity index (χ1v) is 9.70. The van der Waals surface area contributed by atoms with Gasteiger partial charge in [0.2, 0.25) is 0 Å². The van der Waals surface area contributed by atoms with E-state index in [2.05, 4.69) is 0 Å². The molecule has 0 unspecified atom stereocenters. The second kappa shape index (κ2) is 9.71. The molecule has 0 aromatic heterocycles. The standard InChI is InChI=1S/C22H27ClN2O3/c1-14(2)25(15(3)4)22(27)21-18(19(26)12-24)10-17(23)11-20(21)28-13-16-8-6-5-7-9-16/h5-11,14-15H,12-13,24H2,1-4H3. The molecule has 0 saturated carbocycles. The second-order valence-electron chi connectivity index (χ2n) is 7.13. The normalized spacial score (nSPS) is 11.0. The first-order chi connectivity index (χ1) is 13.3. The quantitative estimate of drug-likeness (QED) is 0.667. The molecule has 2 N–H and O–H groups in total. The Morgan fingerprint density at radius 3 is 2.21 bits per heavy atom. The molecule has 0 aliphatic carbocycles. The van der Waals surface area contributed by atoms with Crippen LogP contribution in [0.3, 0.4) is 0 Å². The number of carbonyl (C=O) groups excluding carboxylic acids is 2. The monoisotopic (exact) mass is 402 g/mol. The van der Waals surface area contributed by atoms with Crippen LogP contribution in [0.25, 0.3) is 0 Å². The molecule has 0 spiro atoms. The van der Waals surface area contributed by atoms with Crippen molar-refractivity contribution >= 4 is 23.3 Å². The Morgan fingerprint density at radius 2 is 1.68 bits per heavy atom. The van der Waals surface area contributed by atoms with Gasteiger partial charge in [-0.15, -0.1) is 0 Å². The molecule has 5 nitrogen and oxygen atoms in total. The van der Waals surface area contributed by atoms with Crippen molar-refractivity contribution in [2.45, 2.75) is 46.4 Å². The summed E-state index contributed by atoms with van der Waals surface area (Å²) in [5, 5.41) is 0.317. The Morgan fingerprint density at radius 1 is 1.07 bits per heavy atom. The number of hydrogen-bond donors (Lipinski definition) is 1. The van der Waals surface area contributed by atoms with E-state index in [1.165, 1.54) is 6.07 Å². The van der Waals surface area contributed by atoms with Crippen LogP contribution in [0.5, 0.6) is 5.75 Å². The van der Waals surface area contributed by atoms with Crippen LogP contribution in [0.2, 0.25) is 5.02 Å². The van der Waals surface area contributed by atoms with Gasteiger partial charge in [-0.2, -0.15) is 0 Å². The molecule has 0 aliphatic heterocycles. The average Bonchev–Trinajstić information content (AvgIpc) is 2.65. The molecule has 0 saturated heterocycles. The summed E-state index contributed by atoms with van der Waals surface area (Å²) in [6, 6.07) is 12.5. The van der Waals surface area contributed by atoms with Crippen molar-refractivity contribution in [2.75, 3.05) is 6.54 Å². The maximum atomic E-state index is 13.4. The van der Waals surface area contributed by atoms with Crippen LogP contribution in [0.15, 0.2) is 42.5 Å². The van der Waals surface area contributed by atoms with Gasteiger partial charge in [-0.05, 0) is 45.4 Å². The number of carbonyl (C=O) groups is 2. The van der Waals surface area contributed by atoms with E-state index < -0.39 is 0 Å². The number of amides is 1. The van der Waals surface area contributed by atoms with Crippen molar-refractivity contribution < 1.29 is 14.3 Å². The molecule has 150 valence electrons. The van der Waals surface area contributed by atoms with Crippen LogP contribution < -0.4 is 10.5 Å². The van der Waals surface area contributed by atoms with Crippen molar-refractivity contribution in [1.29, 1.82) is 0 Å². The molecule has 0 fully saturated rings. The number of rotatable bonds is 8. The average molecular weight is 403 g/mol. The molecule has 2 rings (SSSR count). The minimum Gasteiger partial charge on any atom is -0.488 e. The lowest BCUT2D eigenvalue weighted by Gasteiger charge is -2.32. The number of ether oxygens (including phenoxy) is 1. The van der Waals surface area contributed by atoms with Crippen LogP contribution in [0.1, 0.15) is 54.0 Å². The lowest BCUT2D eigenvalue weighted by Crippen LogP contribution is -2.43. The second-order valence-corrected chi connectivity index (χ2v) is 7.56. The summed E-state index contributed by atoms with van der Waals surface area (Å²) >= 11 is 6.22. The predicted molar refractivity (Wildman–Crippen MR) is 112 cm³/mol. The molecule has 0 radical (unpaired) electrons. The molecule has 2 aromatic rings. The summed E-state index contributed by atoms with van der Waals surface area (Å²) < 4.78 is 5.95. The molecule has 6 heteroatoms. The molecule has 0 aliphatic rings. The third-order valence-electron chi connectivity index (χ3n) is 4.35. The van der Waals surface area contributed by atoms with Crippen LogP contribution in [-0.4, -0.2) is 35.2 Å². The lowest BCUT2D eigenvalue weighted by atomic mass is 9.99. The molecule has 28 heavy (non-hydrogen) atoms. The number of ketones is 1. The fourth-order valence-corrected chi connectivity index (χ4v) is 3.38. The zero-order valence-electron chi connectivity index (χ0n) is 16.7. The minimum absolute atomic E-state index is 0.0500. The molecular formula is C22H27ClN2O3. The molecule has 2 aromatic carbocycles. The Labute approximate surface area is 171 Å². The summed E-state index contributed by atoms with van der Waals surface area (Å²) in [7, 11) is 0. The van der Waals surface area contributed by atoms with Gasteiger partial charge >= 0.3 is 0 Å². The van der Waals surface area contributed by atoms with Crippen molar-refractivity contribution in [3.63, 3.8) is 0 Å². The zero-order chi connectivity index (χ0) is 20.8. The van der Waals surface area contributed by atoms with Gasteiger partial charge in [0.05, 0.1) is 12.1 Å². The molecule has 0 atom stereocenters. The highest BCUT2D eigenvalue weighted by atomic mass is 35.5. The van der Waals surface area contributed by atoms with Crippen molar-refractivity contribution in [1.82, 2.24) is 4.90 Å². The van der Waals surface area contributed by atoms with E-state index in [9.17, 15) is 9.59 Å². The number of Topliss-reactive ketones (excluding diaryl/α,β-unsaturated/α-hetero) is 1. The third-order valence-corrected chi connectivity index (χ3v) is 4.57. The van der Waals surface area contributed by atoms with Crippen LogP contribution in [0.4, 0.5) is 0 Å². The van der Waals surface area contributed by atoms with E-state index in [1.54, 1.807) is 11.0 Å². The largest absolute Gasteiger partial charge is 0.488 e. The number of benzene rings is 2. The van der Waals surface area contributed by atoms with Crippen molar-refractivity contribution in [3.8, 4) is 5.75 Å². The zero-order valence-corrected chi connectivity index (χ0v) is 17.5. The highest BCUT2D eigenvalue weighted by Gasteiger charge is 2.29. The summed E-state index contributed by atoms with van der Waals surface area (Å²) in [6.07, 6.45) is 0. The highest BCUT2D eigenvalue weighted by Crippen LogP contribution is 2.31. The number of hydrogen-bond acceptors (Lipinski definition) is 4. The Bertz CT molecular complexity index is 827. The van der Waals surface area contributed by atoms with Gasteiger partial charge < -0.3 is 15.4 Å². The summed E-state index contributed by atoms with van der Waals surface area (Å²) in [4.78, 5) is 27.6. The minimum atomic E-state index is -0.358. The van der Waals surface area contributed by atoms with E-state index in [0.717, 1.165) is 5.56 Å². The van der Waals surface area contributed by atoms with Gasteiger partial charge in [0, 0.05) is 22.7 Å².